The molecule has 0 bridgehead atoms. The Balaban J connectivity index is 0.0000101. The number of Topliss-reactive ketones (excluding diaryl/α,β-unsaturated/α-hetero) is 2. The summed E-state index contributed by atoms with van der Waals surface area (Å²) < 4.78 is 5.45. The van der Waals surface area contributed by atoms with Gasteiger partial charge in [0.1, 0.15) is 5.78 Å². The van der Waals surface area contributed by atoms with Gasteiger partial charge in [0.25, 0.3) is 0 Å². The minimum atomic E-state index is -0.604. The molecule has 2 N–H and O–H groups in total. The predicted molar refractivity (Wildman–Crippen MR) is 172 cm³/mol. The molecule has 1 unspecified atom stereocenters. The number of ether oxygens (including phenoxy) is 1. The summed E-state index contributed by atoms with van der Waals surface area (Å²) in [5.74, 6) is -0.744. The first-order valence-electron chi connectivity index (χ1n) is 16.2. The fraction of sp³-hybridized carbons (Fsp3) is 0.618. The van der Waals surface area contributed by atoms with E-state index in [1.165, 1.54) is 0 Å². The molecule has 0 saturated heterocycles. The van der Waals surface area contributed by atoms with Crippen LogP contribution in [0.25, 0.3) is 10.6 Å². The zero-order chi connectivity index (χ0) is 32.2. The van der Waals surface area contributed by atoms with Crippen molar-refractivity contribution in [1.29, 1.82) is 0 Å². The van der Waals surface area contributed by atoms with E-state index in [0.29, 0.717) is 49.4 Å². The molecule has 0 aliphatic heterocycles. The van der Waals surface area contributed by atoms with Crippen molar-refractivity contribution < 1.29 is 145 Å². The number of rotatable bonds is 22. The van der Waals surface area contributed by atoms with Gasteiger partial charge >= 0.3 is 116 Å². The summed E-state index contributed by atoms with van der Waals surface area (Å²) in [6.07, 6.45) is 9.34. The van der Waals surface area contributed by atoms with Crippen molar-refractivity contribution in [2.45, 2.75) is 97.3 Å². The van der Waals surface area contributed by atoms with Crippen molar-refractivity contribution in [2.75, 3.05) is 33.4 Å². The number of carbonyl (C=O) groups excluding carboxylic acids is 5. The average Bonchev–Trinajstić information content (AvgIpc) is 3.03. The molecule has 1 aliphatic carbocycles. The summed E-state index contributed by atoms with van der Waals surface area (Å²) >= 11 is 0. The number of nitrogens with zero attached hydrogens (tertiary/aromatic N) is 2. The Kier molecular flexibility index (Phi) is 27.9. The molecule has 2 rings (SSSR count). The Hall–Kier alpha value is 0.0804. The monoisotopic (exact) mass is 780 g/mol. The summed E-state index contributed by atoms with van der Waals surface area (Å²) in [7, 11) is 1.83. The van der Waals surface area contributed by atoms with Crippen molar-refractivity contribution in [1.82, 2.24) is 10.6 Å². The average molecular weight is 782 g/mol. The van der Waals surface area contributed by atoms with E-state index in [1.54, 1.807) is 24.3 Å². The minimum absolute atomic E-state index is 0. The van der Waals surface area contributed by atoms with Crippen LogP contribution in [0.15, 0.2) is 35.5 Å². The van der Waals surface area contributed by atoms with Crippen LogP contribution in [-0.2, 0) is 23.9 Å². The molecule has 1 atom stereocenters. The van der Waals surface area contributed by atoms with Crippen molar-refractivity contribution in [3.8, 4) is 0 Å². The molecule has 0 saturated carbocycles. The SMILES string of the molecule is CCCC(CCCCNC(=O)CCCOCC[N-]C(=O)CC(=O)[N-]c1ccc(C(=O)C2=C(NC)CCCC2)cc1)C(=O)CC.[Rb+].[Rb+]. The van der Waals surface area contributed by atoms with E-state index in [2.05, 4.69) is 28.2 Å². The molecule has 0 heterocycles. The van der Waals surface area contributed by atoms with E-state index in [1.807, 2.05) is 14.0 Å². The van der Waals surface area contributed by atoms with E-state index in [0.717, 1.165) is 69.1 Å². The van der Waals surface area contributed by atoms with Gasteiger partial charge in [-0.25, -0.2) is 0 Å². The number of benzene rings is 1. The van der Waals surface area contributed by atoms with E-state index in [4.69, 9.17) is 4.74 Å². The second kappa shape index (κ2) is 27.9. The number of nitrogens with one attached hydrogen (secondary N) is 2. The van der Waals surface area contributed by atoms with Gasteiger partial charge in [-0.05, 0) is 51.4 Å². The number of ketones is 2. The fourth-order valence-electron chi connectivity index (χ4n) is 5.27. The van der Waals surface area contributed by atoms with Gasteiger partial charge in [0, 0.05) is 68.8 Å². The number of carbonyl (C=O) groups is 5. The molecule has 10 nitrogen and oxygen atoms in total. The largest absolute Gasteiger partial charge is 1.00 e. The Bertz CT molecular complexity index is 1130. The third-order valence-corrected chi connectivity index (χ3v) is 7.69. The zero-order valence-electron chi connectivity index (χ0n) is 28.8. The maximum Gasteiger partial charge on any atom is 1.00 e. The number of allylic oxidation sites excluding steroid dienone is 2. The van der Waals surface area contributed by atoms with E-state index in [-0.39, 0.29) is 147 Å². The van der Waals surface area contributed by atoms with E-state index in [9.17, 15) is 24.0 Å². The number of hydrogen-bond acceptors (Lipinski definition) is 7. The van der Waals surface area contributed by atoms with Gasteiger partial charge in [-0.1, -0.05) is 51.0 Å². The maximum atomic E-state index is 12.9. The van der Waals surface area contributed by atoms with Crippen LogP contribution in [0.2, 0.25) is 0 Å². The van der Waals surface area contributed by atoms with Crippen molar-refractivity contribution in [3.05, 3.63) is 51.7 Å². The second-order valence-corrected chi connectivity index (χ2v) is 11.1. The van der Waals surface area contributed by atoms with Gasteiger partial charge in [-0.2, -0.15) is 0 Å². The molecule has 12 heteroatoms. The topological polar surface area (TPSA) is 147 Å². The van der Waals surface area contributed by atoms with Crippen LogP contribution >= 0.6 is 0 Å². The van der Waals surface area contributed by atoms with Gasteiger partial charge in [0.05, 0.1) is 11.8 Å². The number of unbranched alkanes of at least 4 members (excludes halogenated alkanes) is 1. The second-order valence-electron chi connectivity index (χ2n) is 11.1. The molecular formula is C34H50N4O6Rb2. The smallest absolute Gasteiger partial charge is 0.651 e. The summed E-state index contributed by atoms with van der Waals surface area (Å²) in [6, 6.07) is 6.50. The molecule has 1 aromatic rings. The molecule has 0 fully saturated rings. The summed E-state index contributed by atoms with van der Waals surface area (Å²) in [5.41, 5.74) is 2.71. The molecule has 46 heavy (non-hydrogen) atoms. The molecule has 3 amide bonds. The first-order chi connectivity index (χ1) is 21.3. The van der Waals surface area contributed by atoms with Crippen LogP contribution < -0.4 is 127 Å². The molecule has 0 spiro atoms. The summed E-state index contributed by atoms with van der Waals surface area (Å²) in [5, 5.41) is 13.8. The van der Waals surface area contributed by atoms with Gasteiger partial charge in [0.2, 0.25) is 5.91 Å². The minimum Gasteiger partial charge on any atom is -0.651 e. The first kappa shape index (κ1) is 46.1. The molecule has 1 aromatic carbocycles. The van der Waals surface area contributed by atoms with Gasteiger partial charge in [-0.3, -0.25) is 14.4 Å². The zero-order valence-corrected chi connectivity index (χ0v) is 38.6. The summed E-state index contributed by atoms with van der Waals surface area (Å²) in [6.45, 7) is 5.32. The van der Waals surface area contributed by atoms with Crippen LogP contribution in [0.3, 0.4) is 0 Å². The first-order valence-corrected chi connectivity index (χ1v) is 16.2. The van der Waals surface area contributed by atoms with Crippen LogP contribution in [0.1, 0.15) is 108 Å². The van der Waals surface area contributed by atoms with Crippen molar-refractivity contribution in [2.24, 2.45) is 5.92 Å². The van der Waals surface area contributed by atoms with E-state index < -0.39 is 18.2 Å². The van der Waals surface area contributed by atoms with Crippen LogP contribution in [-0.4, -0.2) is 62.6 Å². The van der Waals surface area contributed by atoms with Crippen molar-refractivity contribution >= 4 is 35.0 Å². The normalized spacial score (nSPS) is 13.0. The summed E-state index contributed by atoms with van der Waals surface area (Å²) in [4.78, 5) is 61.1. The quantitative estimate of drug-likeness (QED) is 0.0974. The maximum absolute atomic E-state index is 12.9. The molecule has 244 valence electrons. The Labute approximate surface area is 373 Å². The molecule has 1 aliphatic rings. The molecular weight excluding hydrogens is 731 g/mol. The molecule has 0 radical (unpaired) electrons. The third kappa shape index (κ3) is 18.7. The van der Waals surface area contributed by atoms with Crippen LogP contribution in [0, 0.1) is 5.92 Å². The van der Waals surface area contributed by atoms with Crippen molar-refractivity contribution in [3.63, 3.8) is 0 Å². The fourth-order valence-corrected chi connectivity index (χ4v) is 5.27. The van der Waals surface area contributed by atoms with Gasteiger partial charge in [-0.15, -0.1) is 12.2 Å². The number of hydrogen-bond donors (Lipinski definition) is 2. The van der Waals surface area contributed by atoms with Gasteiger partial charge in [0.15, 0.2) is 5.78 Å². The third-order valence-electron chi connectivity index (χ3n) is 7.69. The Morgan fingerprint density at radius 1 is 0.891 bits per heavy atom. The predicted octanol–water partition coefficient (Wildman–Crippen LogP) is 0.226. The van der Waals surface area contributed by atoms with Gasteiger partial charge < -0.3 is 35.6 Å². The molecule has 0 aromatic heterocycles. The Morgan fingerprint density at radius 2 is 1.61 bits per heavy atom. The van der Waals surface area contributed by atoms with E-state index >= 15 is 0 Å². The van der Waals surface area contributed by atoms with Crippen LogP contribution in [0.4, 0.5) is 5.69 Å². The number of amides is 3. The standard InChI is InChI=1S/C34H52N4O6.2Rb/c1-4-11-25(30(39)5-2)12-8-9-20-36-31(40)15-10-22-44-23-21-37-32(41)24-33(42)38-27-18-16-26(17-19-27)34(43)28-13-6-7-14-29(28)35-3;;/h16-19,25H,4-15,20-24H2,1-3H3,(H4,35,36,37,38,40,41,42,43);;/q;2*+1/p-2. The Morgan fingerprint density at radius 3 is 2.28 bits per heavy atom. The van der Waals surface area contributed by atoms with Crippen LogP contribution in [0.5, 0.6) is 0 Å².